The Morgan fingerprint density at radius 1 is 1.08 bits per heavy atom. The van der Waals surface area contributed by atoms with E-state index in [2.05, 4.69) is 5.16 Å². The van der Waals surface area contributed by atoms with Gasteiger partial charge >= 0.3 is 0 Å². The van der Waals surface area contributed by atoms with Gasteiger partial charge < -0.3 is 4.52 Å². The predicted octanol–water partition coefficient (Wildman–Crippen LogP) is 4.03. The van der Waals surface area contributed by atoms with Crippen LogP contribution in [0.4, 0.5) is 0 Å². The fourth-order valence-electron chi connectivity index (χ4n) is 2.83. The first-order chi connectivity index (χ1) is 12.4. The third-order valence-corrected chi connectivity index (χ3v) is 6.18. The van der Waals surface area contributed by atoms with Gasteiger partial charge in [-0.05, 0) is 30.5 Å². The third kappa shape index (κ3) is 3.71. The molecule has 0 amide bonds. The molecule has 0 saturated carbocycles. The minimum absolute atomic E-state index is 0.310. The second kappa shape index (κ2) is 7.43. The van der Waals surface area contributed by atoms with Crippen LogP contribution in [-0.2, 0) is 23.0 Å². The molecule has 3 aromatic rings. The van der Waals surface area contributed by atoms with Crippen molar-refractivity contribution in [3.05, 3.63) is 71.4 Å². The highest BCUT2D eigenvalue weighted by Crippen LogP contribution is 2.28. The molecule has 3 rings (SSSR count). The molecule has 26 heavy (non-hydrogen) atoms. The van der Waals surface area contributed by atoms with Gasteiger partial charge in [0.05, 0.1) is 10.6 Å². The lowest BCUT2D eigenvalue weighted by Gasteiger charge is -2.19. The number of hydrogen-bond acceptors (Lipinski definition) is 4. The van der Waals surface area contributed by atoms with E-state index >= 15 is 0 Å². The topological polar surface area (TPSA) is 63.4 Å². The molecule has 136 valence electrons. The van der Waals surface area contributed by atoms with E-state index in [1.807, 2.05) is 56.3 Å². The van der Waals surface area contributed by atoms with Crippen LogP contribution < -0.4 is 0 Å². The number of aromatic nitrogens is 1. The Bertz CT molecular complexity index is 995. The summed E-state index contributed by atoms with van der Waals surface area (Å²) in [6, 6.07) is 16.7. The number of nitrogens with zero attached hydrogens (tertiary/aromatic N) is 2. The quantitative estimate of drug-likeness (QED) is 0.657. The highest BCUT2D eigenvalue weighted by Gasteiger charge is 2.24. The smallest absolute Gasteiger partial charge is 0.243 e. The number of aryl methyl sites for hydroxylation is 2. The summed E-state index contributed by atoms with van der Waals surface area (Å²) in [4.78, 5) is 0.310. The van der Waals surface area contributed by atoms with Crippen LogP contribution in [0.3, 0.4) is 0 Å². The maximum atomic E-state index is 13.2. The van der Waals surface area contributed by atoms with Crippen molar-refractivity contribution in [1.29, 1.82) is 0 Å². The van der Waals surface area contributed by atoms with Gasteiger partial charge in [-0.25, -0.2) is 8.42 Å². The molecule has 0 spiro atoms. The van der Waals surface area contributed by atoms with Crippen molar-refractivity contribution in [2.45, 2.75) is 31.7 Å². The van der Waals surface area contributed by atoms with E-state index in [-0.39, 0.29) is 0 Å². The lowest BCUT2D eigenvalue weighted by atomic mass is 10.1. The second-order valence-corrected chi connectivity index (χ2v) is 8.27. The van der Waals surface area contributed by atoms with Gasteiger partial charge in [0.1, 0.15) is 0 Å². The van der Waals surface area contributed by atoms with Crippen LogP contribution in [0.5, 0.6) is 0 Å². The van der Waals surface area contributed by atoms with Crippen molar-refractivity contribution >= 4 is 10.0 Å². The van der Waals surface area contributed by atoms with E-state index in [4.69, 9.17) is 4.52 Å². The second-order valence-electron chi connectivity index (χ2n) is 6.26. The first-order valence-corrected chi connectivity index (χ1v) is 9.92. The van der Waals surface area contributed by atoms with Crippen LogP contribution in [0.1, 0.15) is 23.7 Å². The molecule has 6 heteroatoms. The molecule has 2 aromatic carbocycles. The summed E-state index contributed by atoms with van der Waals surface area (Å²) in [5.41, 5.74) is 3.18. The molecule has 5 nitrogen and oxygen atoms in total. The highest BCUT2D eigenvalue weighted by atomic mass is 32.2. The standard InChI is InChI=1S/C20H22N2O3S/c1-4-17-10-11-18(19-12-15(2)21-25-19)13-20(17)26(23,24)22(3)14-16-8-6-5-7-9-16/h5-13H,4,14H2,1-3H3. The van der Waals surface area contributed by atoms with E-state index in [9.17, 15) is 8.42 Å². The molecule has 0 aliphatic carbocycles. The average molecular weight is 370 g/mol. The molecule has 0 unspecified atom stereocenters. The van der Waals surface area contributed by atoms with Crippen LogP contribution in [0.15, 0.2) is 64.0 Å². The summed E-state index contributed by atoms with van der Waals surface area (Å²) in [6.45, 7) is 4.10. The lowest BCUT2D eigenvalue weighted by molar-refractivity contribution is 0.427. The Hall–Kier alpha value is -2.44. The average Bonchev–Trinajstić information content (AvgIpc) is 3.08. The molecule has 0 fully saturated rings. The van der Waals surface area contributed by atoms with Crippen LogP contribution in [0.2, 0.25) is 0 Å². The van der Waals surface area contributed by atoms with Crippen LogP contribution in [0, 0.1) is 6.92 Å². The molecule has 0 saturated heterocycles. The first kappa shape index (κ1) is 18.4. The van der Waals surface area contributed by atoms with Crippen molar-refractivity contribution < 1.29 is 12.9 Å². The van der Waals surface area contributed by atoms with Gasteiger partial charge in [-0.2, -0.15) is 4.31 Å². The van der Waals surface area contributed by atoms with Gasteiger partial charge in [-0.3, -0.25) is 0 Å². The molecule has 0 radical (unpaired) electrons. The van der Waals surface area contributed by atoms with Gasteiger partial charge in [-0.1, -0.05) is 54.5 Å². The zero-order chi connectivity index (χ0) is 18.7. The fraction of sp³-hybridized carbons (Fsp3) is 0.250. The van der Waals surface area contributed by atoms with Crippen LogP contribution >= 0.6 is 0 Å². The molecular weight excluding hydrogens is 348 g/mol. The molecule has 1 aromatic heterocycles. The minimum atomic E-state index is -3.63. The Balaban J connectivity index is 1.99. The molecule has 0 aliphatic rings. The van der Waals surface area contributed by atoms with Gasteiger partial charge in [0.25, 0.3) is 0 Å². The van der Waals surface area contributed by atoms with E-state index in [0.717, 1.165) is 16.8 Å². The Labute approximate surface area is 154 Å². The number of hydrogen-bond donors (Lipinski definition) is 0. The summed E-state index contributed by atoms with van der Waals surface area (Å²) in [6.07, 6.45) is 0.628. The molecule has 0 bridgehead atoms. The van der Waals surface area contributed by atoms with Gasteiger partial charge in [0.2, 0.25) is 10.0 Å². The lowest BCUT2D eigenvalue weighted by Crippen LogP contribution is -2.27. The molecule has 0 aliphatic heterocycles. The normalized spacial score (nSPS) is 11.8. The van der Waals surface area contributed by atoms with Crippen molar-refractivity contribution in [3.63, 3.8) is 0 Å². The monoisotopic (exact) mass is 370 g/mol. The first-order valence-electron chi connectivity index (χ1n) is 8.48. The van der Waals surface area contributed by atoms with Crippen LogP contribution in [0.25, 0.3) is 11.3 Å². The summed E-state index contributed by atoms with van der Waals surface area (Å²) in [7, 11) is -2.03. The number of rotatable bonds is 6. The van der Waals surface area contributed by atoms with E-state index in [0.29, 0.717) is 29.2 Å². The van der Waals surface area contributed by atoms with Gasteiger partial charge in [-0.15, -0.1) is 0 Å². The molecule has 1 heterocycles. The Kier molecular flexibility index (Phi) is 5.25. The van der Waals surface area contributed by atoms with Crippen molar-refractivity contribution in [3.8, 4) is 11.3 Å². The highest BCUT2D eigenvalue weighted by molar-refractivity contribution is 7.89. The van der Waals surface area contributed by atoms with Gasteiger partial charge in [0.15, 0.2) is 5.76 Å². The van der Waals surface area contributed by atoms with Crippen LogP contribution in [-0.4, -0.2) is 24.9 Å². The maximum Gasteiger partial charge on any atom is 0.243 e. The van der Waals surface area contributed by atoms with Crippen molar-refractivity contribution in [2.75, 3.05) is 7.05 Å². The van der Waals surface area contributed by atoms with Crippen molar-refractivity contribution in [1.82, 2.24) is 9.46 Å². The van der Waals surface area contributed by atoms with E-state index in [1.54, 1.807) is 19.2 Å². The largest absolute Gasteiger partial charge is 0.356 e. The summed E-state index contributed by atoms with van der Waals surface area (Å²) in [5.74, 6) is 0.562. The van der Waals surface area contributed by atoms with Crippen molar-refractivity contribution in [2.24, 2.45) is 0 Å². The maximum absolute atomic E-state index is 13.2. The van der Waals surface area contributed by atoms with E-state index < -0.39 is 10.0 Å². The number of benzene rings is 2. The summed E-state index contributed by atoms with van der Waals surface area (Å²) in [5, 5.41) is 3.88. The summed E-state index contributed by atoms with van der Waals surface area (Å²) < 4.78 is 33.0. The number of sulfonamides is 1. The SMILES string of the molecule is CCc1ccc(-c2cc(C)no2)cc1S(=O)(=O)N(C)Cc1ccccc1. The molecule has 0 N–H and O–H groups in total. The molecular formula is C20H22N2O3S. The summed E-state index contributed by atoms with van der Waals surface area (Å²) >= 11 is 0. The van der Waals surface area contributed by atoms with Gasteiger partial charge in [0, 0.05) is 25.2 Å². The minimum Gasteiger partial charge on any atom is -0.356 e. The third-order valence-electron chi connectivity index (χ3n) is 4.30. The fourth-order valence-corrected chi connectivity index (χ4v) is 4.31. The molecule has 0 atom stereocenters. The van der Waals surface area contributed by atoms with E-state index in [1.165, 1.54) is 4.31 Å². The Morgan fingerprint density at radius 3 is 2.42 bits per heavy atom. The zero-order valence-electron chi connectivity index (χ0n) is 15.1. The Morgan fingerprint density at radius 2 is 1.81 bits per heavy atom. The zero-order valence-corrected chi connectivity index (χ0v) is 16.0. The predicted molar refractivity (Wildman–Crippen MR) is 101 cm³/mol.